The van der Waals surface area contributed by atoms with Gasteiger partial charge >= 0.3 is 0 Å². The van der Waals surface area contributed by atoms with Gasteiger partial charge in [0.2, 0.25) is 11.8 Å². The number of carbonyl (C=O) groups is 2. The van der Waals surface area contributed by atoms with Gasteiger partial charge in [0.25, 0.3) is 0 Å². The molecule has 2 rings (SSSR count). The number of methoxy groups -OCH3 is 1. The Morgan fingerprint density at radius 1 is 1.23 bits per heavy atom. The summed E-state index contributed by atoms with van der Waals surface area (Å²) in [5.41, 5.74) is 1.21. The van der Waals surface area contributed by atoms with Crippen molar-refractivity contribution in [2.45, 2.75) is 45.6 Å². The molecule has 140 valence electrons. The molecular weight excluding hydrogens is 334 g/mol. The minimum atomic E-state index is -0.638. The molecule has 0 radical (unpaired) electrons. The minimum absolute atomic E-state index is 0.140. The second-order valence-corrected chi connectivity index (χ2v) is 6.16. The topological polar surface area (TPSA) is 93.5 Å². The van der Waals surface area contributed by atoms with E-state index in [4.69, 9.17) is 9.26 Å². The first-order chi connectivity index (χ1) is 12.5. The van der Waals surface area contributed by atoms with Gasteiger partial charge in [0.05, 0.1) is 7.11 Å². The number of hydrogen-bond acceptors (Lipinski definition) is 5. The van der Waals surface area contributed by atoms with Crippen molar-refractivity contribution in [2.75, 3.05) is 12.4 Å². The molecule has 1 aromatic carbocycles. The third kappa shape index (κ3) is 6.23. The lowest BCUT2D eigenvalue weighted by atomic mass is 10.1. The number of carbonyl (C=O) groups excluding carboxylic acids is 2. The molecule has 0 aliphatic heterocycles. The molecule has 1 aromatic heterocycles. The molecule has 1 heterocycles. The molecule has 2 aromatic rings. The fraction of sp³-hybridized carbons (Fsp3) is 0.421. The summed E-state index contributed by atoms with van der Waals surface area (Å²) >= 11 is 0. The summed E-state index contributed by atoms with van der Waals surface area (Å²) in [4.78, 5) is 24.0. The van der Waals surface area contributed by atoms with Crippen LogP contribution in [0.1, 0.15) is 37.5 Å². The Bertz CT molecular complexity index is 725. The van der Waals surface area contributed by atoms with E-state index in [1.807, 2.05) is 24.3 Å². The van der Waals surface area contributed by atoms with Gasteiger partial charge in [-0.3, -0.25) is 9.59 Å². The van der Waals surface area contributed by atoms with Gasteiger partial charge < -0.3 is 19.9 Å². The monoisotopic (exact) mass is 359 g/mol. The van der Waals surface area contributed by atoms with Gasteiger partial charge in [-0.25, -0.2) is 0 Å². The number of amides is 2. The SMILES string of the molecule is COc1ccc(CCCCC(=O)N[C@@H](C)C(=O)Nc2cc(C)on2)cc1. The van der Waals surface area contributed by atoms with Crippen molar-refractivity contribution in [3.05, 3.63) is 41.7 Å². The van der Waals surface area contributed by atoms with E-state index in [9.17, 15) is 9.59 Å². The Morgan fingerprint density at radius 3 is 2.58 bits per heavy atom. The van der Waals surface area contributed by atoms with Crippen molar-refractivity contribution in [1.82, 2.24) is 10.5 Å². The molecule has 0 fully saturated rings. The lowest BCUT2D eigenvalue weighted by Gasteiger charge is -2.12. The van der Waals surface area contributed by atoms with Crippen LogP contribution in [0.5, 0.6) is 5.75 Å². The van der Waals surface area contributed by atoms with Crippen molar-refractivity contribution in [3.63, 3.8) is 0 Å². The van der Waals surface area contributed by atoms with Crippen molar-refractivity contribution in [1.29, 1.82) is 0 Å². The third-order valence-electron chi connectivity index (χ3n) is 3.93. The van der Waals surface area contributed by atoms with Crippen molar-refractivity contribution in [2.24, 2.45) is 0 Å². The molecule has 7 nitrogen and oxygen atoms in total. The smallest absolute Gasteiger partial charge is 0.247 e. The average Bonchev–Trinajstić information content (AvgIpc) is 3.04. The normalized spacial score (nSPS) is 11.7. The molecule has 2 N–H and O–H groups in total. The number of nitrogens with zero attached hydrogens (tertiary/aromatic N) is 1. The van der Waals surface area contributed by atoms with Crippen LogP contribution >= 0.6 is 0 Å². The van der Waals surface area contributed by atoms with Crippen LogP contribution in [0, 0.1) is 6.92 Å². The summed E-state index contributed by atoms with van der Waals surface area (Å²) in [5.74, 6) is 1.31. The number of aromatic nitrogens is 1. The Labute approximate surface area is 153 Å². The van der Waals surface area contributed by atoms with Crippen molar-refractivity contribution < 1.29 is 18.8 Å². The van der Waals surface area contributed by atoms with E-state index in [1.165, 1.54) is 5.56 Å². The molecular formula is C19H25N3O4. The van der Waals surface area contributed by atoms with Gasteiger partial charge in [-0.15, -0.1) is 0 Å². The zero-order chi connectivity index (χ0) is 18.9. The number of hydrogen-bond donors (Lipinski definition) is 2. The van der Waals surface area contributed by atoms with E-state index in [-0.39, 0.29) is 11.8 Å². The molecule has 0 saturated carbocycles. The maximum atomic E-state index is 12.0. The minimum Gasteiger partial charge on any atom is -0.497 e. The highest BCUT2D eigenvalue weighted by Gasteiger charge is 2.16. The number of benzene rings is 1. The molecule has 0 spiro atoms. The average molecular weight is 359 g/mol. The zero-order valence-electron chi connectivity index (χ0n) is 15.4. The van der Waals surface area contributed by atoms with Gasteiger partial charge in [0, 0.05) is 12.5 Å². The van der Waals surface area contributed by atoms with Crippen LogP contribution in [0.25, 0.3) is 0 Å². The highest BCUT2D eigenvalue weighted by molar-refractivity contribution is 5.96. The maximum absolute atomic E-state index is 12.0. The first-order valence-corrected chi connectivity index (χ1v) is 8.64. The van der Waals surface area contributed by atoms with E-state index < -0.39 is 6.04 Å². The molecule has 0 saturated heterocycles. The first kappa shape index (κ1) is 19.5. The molecule has 26 heavy (non-hydrogen) atoms. The lowest BCUT2D eigenvalue weighted by Crippen LogP contribution is -2.41. The summed E-state index contributed by atoms with van der Waals surface area (Å²) in [6, 6.07) is 8.89. The van der Waals surface area contributed by atoms with E-state index in [0.29, 0.717) is 18.0 Å². The lowest BCUT2D eigenvalue weighted by molar-refractivity contribution is -0.126. The molecule has 0 aliphatic rings. The molecule has 1 atom stereocenters. The summed E-state index contributed by atoms with van der Waals surface area (Å²) < 4.78 is 10.0. The number of ether oxygens (including phenoxy) is 1. The molecule has 0 unspecified atom stereocenters. The van der Waals surface area contributed by atoms with E-state index in [0.717, 1.165) is 25.0 Å². The van der Waals surface area contributed by atoms with Gasteiger partial charge in [-0.05, 0) is 50.8 Å². The van der Waals surface area contributed by atoms with Crippen LogP contribution in [0.4, 0.5) is 5.82 Å². The van der Waals surface area contributed by atoms with Crippen LogP contribution < -0.4 is 15.4 Å². The van der Waals surface area contributed by atoms with E-state index in [2.05, 4.69) is 15.8 Å². The predicted octanol–water partition coefficient (Wildman–Crippen LogP) is 2.85. The number of unbranched alkanes of at least 4 members (excludes halogenated alkanes) is 1. The third-order valence-corrected chi connectivity index (χ3v) is 3.93. The Morgan fingerprint density at radius 2 is 1.96 bits per heavy atom. The van der Waals surface area contributed by atoms with Crippen LogP contribution in [0.2, 0.25) is 0 Å². The van der Waals surface area contributed by atoms with Gasteiger partial charge in [0.1, 0.15) is 17.6 Å². The van der Waals surface area contributed by atoms with E-state index >= 15 is 0 Å². The summed E-state index contributed by atoms with van der Waals surface area (Å²) in [7, 11) is 1.64. The van der Waals surface area contributed by atoms with E-state index in [1.54, 1.807) is 27.0 Å². The highest BCUT2D eigenvalue weighted by Crippen LogP contribution is 2.13. The maximum Gasteiger partial charge on any atom is 0.247 e. The summed E-state index contributed by atoms with van der Waals surface area (Å²) in [6.45, 7) is 3.37. The second-order valence-electron chi connectivity index (χ2n) is 6.16. The quantitative estimate of drug-likeness (QED) is 0.672. The van der Waals surface area contributed by atoms with Crippen LogP contribution in [0.3, 0.4) is 0 Å². The summed E-state index contributed by atoms with van der Waals surface area (Å²) in [5, 5.41) is 8.98. The molecule has 2 amide bonds. The van der Waals surface area contributed by atoms with Crippen LogP contribution in [0.15, 0.2) is 34.9 Å². The van der Waals surface area contributed by atoms with Gasteiger partial charge in [0.15, 0.2) is 5.82 Å². The van der Waals surface area contributed by atoms with Crippen LogP contribution in [-0.4, -0.2) is 30.1 Å². The fourth-order valence-electron chi connectivity index (χ4n) is 2.45. The predicted molar refractivity (Wildman–Crippen MR) is 98.0 cm³/mol. The zero-order valence-corrected chi connectivity index (χ0v) is 15.4. The Hall–Kier alpha value is -2.83. The van der Waals surface area contributed by atoms with Crippen molar-refractivity contribution >= 4 is 17.6 Å². The first-order valence-electron chi connectivity index (χ1n) is 8.64. The summed E-state index contributed by atoms with van der Waals surface area (Å²) in [6.07, 6.45) is 2.95. The van der Waals surface area contributed by atoms with Crippen molar-refractivity contribution in [3.8, 4) is 5.75 Å². The molecule has 7 heteroatoms. The van der Waals surface area contributed by atoms with Crippen LogP contribution in [-0.2, 0) is 16.0 Å². The second kappa shape index (κ2) is 9.60. The highest BCUT2D eigenvalue weighted by atomic mass is 16.5. The number of nitrogens with one attached hydrogen (secondary N) is 2. The number of aryl methyl sites for hydroxylation is 2. The van der Waals surface area contributed by atoms with Gasteiger partial charge in [-0.2, -0.15) is 0 Å². The number of anilines is 1. The molecule has 0 bridgehead atoms. The molecule has 0 aliphatic carbocycles. The largest absolute Gasteiger partial charge is 0.497 e. The Kier molecular flexibility index (Phi) is 7.20. The Balaban J connectivity index is 1.64. The number of rotatable bonds is 9. The van der Waals surface area contributed by atoms with Gasteiger partial charge in [-0.1, -0.05) is 17.3 Å². The fourth-order valence-corrected chi connectivity index (χ4v) is 2.45. The standard InChI is InChI=1S/C19H25N3O4/c1-13-12-17(22-26-13)21-19(24)14(2)20-18(23)7-5-4-6-15-8-10-16(25-3)11-9-15/h8-12,14H,4-7H2,1-3H3,(H,20,23)(H,21,22,24)/t14-/m0/s1.